The Morgan fingerprint density at radius 3 is 2.63 bits per heavy atom. The summed E-state index contributed by atoms with van der Waals surface area (Å²) in [6, 6.07) is 4.19. The quantitative estimate of drug-likeness (QED) is 0.791. The van der Waals surface area contributed by atoms with E-state index in [1.807, 2.05) is 18.5 Å². The van der Waals surface area contributed by atoms with Crippen molar-refractivity contribution in [2.75, 3.05) is 26.7 Å². The highest BCUT2D eigenvalue weighted by Crippen LogP contribution is 2.39. The molecule has 0 aromatic carbocycles. The third-order valence-corrected chi connectivity index (χ3v) is 4.48. The number of rotatable bonds is 7. The molecule has 1 fully saturated rings. The zero-order valence-electron chi connectivity index (χ0n) is 12.5. The number of hydrogen-bond acceptors (Lipinski definition) is 3. The van der Waals surface area contributed by atoms with Gasteiger partial charge >= 0.3 is 0 Å². The molecule has 1 saturated carbocycles. The van der Waals surface area contributed by atoms with Crippen molar-refractivity contribution in [3.63, 3.8) is 0 Å². The molecule has 2 N–H and O–H groups in total. The van der Waals surface area contributed by atoms with Gasteiger partial charge < -0.3 is 10.6 Å². The van der Waals surface area contributed by atoms with E-state index in [2.05, 4.69) is 42.6 Å². The van der Waals surface area contributed by atoms with Crippen LogP contribution in [0.3, 0.4) is 0 Å². The first kappa shape index (κ1) is 14.5. The van der Waals surface area contributed by atoms with Gasteiger partial charge in [0, 0.05) is 37.4 Å². The monoisotopic (exact) mass is 261 g/mol. The highest BCUT2D eigenvalue weighted by molar-refractivity contribution is 5.20. The van der Waals surface area contributed by atoms with Crippen molar-refractivity contribution in [1.82, 2.24) is 15.6 Å². The summed E-state index contributed by atoms with van der Waals surface area (Å²) in [7, 11) is 2.06. The van der Waals surface area contributed by atoms with Gasteiger partial charge in [0.15, 0.2) is 0 Å². The SMILES string of the molecule is CNCC1(CNCC(C)(C)c2cccnc2)CCC1. The van der Waals surface area contributed by atoms with Gasteiger partial charge in [-0.2, -0.15) is 0 Å². The van der Waals surface area contributed by atoms with Crippen molar-refractivity contribution in [1.29, 1.82) is 0 Å². The van der Waals surface area contributed by atoms with Gasteiger partial charge in [-0.3, -0.25) is 4.98 Å². The van der Waals surface area contributed by atoms with Gasteiger partial charge in [-0.1, -0.05) is 26.3 Å². The van der Waals surface area contributed by atoms with Crippen molar-refractivity contribution in [2.45, 2.75) is 38.5 Å². The molecule has 0 spiro atoms. The summed E-state index contributed by atoms with van der Waals surface area (Å²) in [5.74, 6) is 0. The molecule has 0 bridgehead atoms. The first-order chi connectivity index (χ1) is 9.08. The minimum atomic E-state index is 0.138. The fourth-order valence-corrected chi connectivity index (χ4v) is 2.97. The summed E-state index contributed by atoms with van der Waals surface area (Å²) < 4.78 is 0. The van der Waals surface area contributed by atoms with Crippen LogP contribution >= 0.6 is 0 Å². The first-order valence-corrected chi connectivity index (χ1v) is 7.34. The van der Waals surface area contributed by atoms with Crippen LogP contribution in [0.4, 0.5) is 0 Å². The van der Waals surface area contributed by atoms with Crippen molar-refractivity contribution < 1.29 is 0 Å². The molecule has 1 heterocycles. The Kier molecular flexibility index (Phi) is 4.58. The second-order valence-electron chi connectivity index (χ2n) is 6.61. The van der Waals surface area contributed by atoms with Crippen LogP contribution in [0, 0.1) is 5.41 Å². The predicted octanol–water partition coefficient (Wildman–Crippen LogP) is 2.34. The van der Waals surface area contributed by atoms with E-state index in [4.69, 9.17) is 0 Å². The lowest BCUT2D eigenvalue weighted by molar-refractivity contribution is 0.128. The van der Waals surface area contributed by atoms with Gasteiger partial charge in [0.05, 0.1) is 0 Å². The lowest BCUT2D eigenvalue weighted by atomic mass is 9.68. The molecular formula is C16H27N3. The first-order valence-electron chi connectivity index (χ1n) is 7.34. The average molecular weight is 261 g/mol. The Bertz CT molecular complexity index is 382. The molecule has 2 rings (SSSR count). The molecular weight excluding hydrogens is 234 g/mol. The summed E-state index contributed by atoms with van der Waals surface area (Å²) in [6.45, 7) is 7.82. The minimum Gasteiger partial charge on any atom is -0.319 e. The van der Waals surface area contributed by atoms with Gasteiger partial charge in [0.1, 0.15) is 0 Å². The molecule has 0 saturated heterocycles. The van der Waals surface area contributed by atoms with E-state index >= 15 is 0 Å². The Labute approximate surface area is 117 Å². The third kappa shape index (κ3) is 3.54. The van der Waals surface area contributed by atoms with Crippen molar-refractivity contribution >= 4 is 0 Å². The highest BCUT2D eigenvalue weighted by Gasteiger charge is 2.36. The molecule has 3 heteroatoms. The molecule has 106 valence electrons. The summed E-state index contributed by atoms with van der Waals surface area (Å²) >= 11 is 0. The molecule has 0 unspecified atom stereocenters. The largest absolute Gasteiger partial charge is 0.319 e. The molecule has 3 nitrogen and oxygen atoms in total. The smallest absolute Gasteiger partial charge is 0.0305 e. The fourth-order valence-electron chi connectivity index (χ4n) is 2.97. The van der Waals surface area contributed by atoms with Crippen molar-refractivity contribution in [3.05, 3.63) is 30.1 Å². The van der Waals surface area contributed by atoms with Crippen LogP contribution in [0.5, 0.6) is 0 Å². The molecule has 0 amide bonds. The van der Waals surface area contributed by atoms with Crippen LogP contribution in [0.1, 0.15) is 38.7 Å². The van der Waals surface area contributed by atoms with Gasteiger partial charge in [-0.05, 0) is 36.9 Å². The van der Waals surface area contributed by atoms with Crippen LogP contribution in [0.25, 0.3) is 0 Å². The van der Waals surface area contributed by atoms with E-state index in [9.17, 15) is 0 Å². The van der Waals surface area contributed by atoms with Gasteiger partial charge in [-0.25, -0.2) is 0 Å². The Hall–Kier alpha value is -0.930. The van der Waals surface area contributed by atoms with E-state index in [1.54, 1.807) is 0 Å². The molecule has 1 aliphatic rings. The molecule has 1 aromatic rings. The third-order valence-electron chi connectivity index (χ3n) is 4.48. The van der Waals surface area contributed by atoms with E-state index in [1.165, 1.54) is 24.8 Å². The summed E-state index contributed by atoms with van der Waals surface area (Å²) in [5.41, 5.74) is 1.94. The minimum absolute atomic E-state index is 0.138. The summed E-state index contributed by atoms with van der Waals surface area (Å²) in [4.78, 5) is 4.23. The lowest BCUT2D eigenvalue weighted by Crippen LogP contribution is -2.48. The Morgan fingerprint density at radius 2 is 2.11 bits per heavy atom. The zero-order chi connectivity index (χ0) is 13.8. The van der Waals surface area contributed by atoms with Gasteiger partial charge in [0.25, 0.3) is 0 Å². The van der Waals surface area contributed by atoms with Crippen molar-refractivity contribution in [2.24, 2.45) is 5.41 Å². The molecule has 1 aromatic heterocycles. The molecule has 0 radical (unpaired) electrons. The fraction of sp³-hybridized carbons (Fsp3) is 0.688. The molecule has 0 aliphatic heterocycles. The molecule has 1 aliphatic carbocycles. The number of pyridine rings is 1. The molecule has 0 atom stereocenters. The maximum atomic E-state index is 4.23. The molecule has 19 heavy (non-hydrogen) atoms. The standard InChI is InChI=1S/C16H27N3/c1-15(2,14-6-4-9-18-10-14)11-19-13-16(12-17-3)7-5-8-16/h4,6,9-10,17,19H,5,7-8,11-13H2,1-3H3. The highest BCUT2D eigenvalue weighted by atomic mass is 14.9. The number of nitrogens with zero attached hydrogens (tertiary/aromatic N) is 1. The topological polar surface area (TPSA) is 37.0 Å². The van der Waals surface area contributed by atoms with Crippen molar-refractivity contribution in [3.8, 4) is 0 Å². The summed E-state index contributed by atoms with van der Waals surface area (Å²) in [6.07, 6.45) is 7.91. The zero-order valence-corrected chi connectivity index (χ0v) is 12.5. The van der Waals surface area contributed by atoms with Crippen LogP contribution in [0.15, 0.2) is 24.5 Å². The van der Waals surface area contributed by atoms with Crippen LogP contribution in [0.2, 0.25) is 0 Å². The second kappa shape index (κ2) is 6.02. The second-order valence-corrected chi connectivity index (χ2v) is 6.61. The van der Waals surface area contributed by atoms with Gasteiger partial charge in [0.2, 0.25) is 0 Å². The average Bonchev–Trinajstić information content (AvgIpc) is 2.37. The van der Waals surface area contributed by atoms with Crippen LogP contribution in [-0.4, -0.2) is 31.7 Å². The number of aromatic nitrogens is 1. The van der Waals surface area contributed by atoms with E-state index < -0.39 is 0 Å². The van der Waals surface area contributed by atoms with E-state index in [-0.39, 0.29) is 5.41 Å². The number of hydrogen-bond donors (Lipinski definition) is 2. The predicted molar refractivity (Wildman–Crippen MR) is 80.3 cm³/mol. The van der Waals surface area contributed by atoms with E-state index in [0.29, 0.717) is 5.41 Å². The van der Waals surface area contributed by atoms with E-state index in [0.717, 1.165) is 19.6 Å². The maximum Gasteiger partial charge on any atom is 0.0305 e. The normalized spacial score (nSPS) is 18.1. The Morgan fingerprint density at radius 1 is 1.32 bits per heavy atom. The lowest BCUT2D eigenvalue weighted by Gasteiger charge is -2.43. The number of nitrogens with one attached hydrogen (secondary N) is 2. The Balaban J connectivity index is 1.85. The summed E-state index contributed by atoms with van der Waals surface area (Å²) in [5, 5.41) is 7.02. The van der Waals surface area contributed by atoms with Crippen LogP contribution in [-0.2, 0) is 5.41 Å². The maximum absolute atomic E-state index is 4.23. The van der Waals surface area contributed by atoms with Gasteiger partial charge in [-0.15, -0.1) is 0 Å². The van der Waals surface area contributed by atoms with Crippen LogP contribution < -0.4 is 10.6 Å².